The normalized spacial score (nSPS) is 14.8. The zero-order valence-electron chi connectivity index (χ0n) is 22.2. The van der Waals surface area contributed by atoms with Crippen LogP contribution < -0.4 is 24.9 Å². The van der Waals surface area contributed by atoms with Crippen LogP contribution >= 0.6 is 11.3 Å². The molecular weight excluding hydrogens is 526 g/mol. The Balaban J connectivity index is 1.62. The first-order valence-electron chi connectivity index (χ1n) is 12.7. The van der Waals surface area contributed by atoms with Crippen LogP contribution in [-0.4, -0.2) is 30.2 Å². The molecule has 0 aliphatic carbocycles. The van der Waals surface area contributed by atoms with Crippen LogP contribution in [-0.2, 0) is 9.53 Å². The van der Waals surface area contributed by atoms with Gasteiger partial charge in [-0.2, -0.15) is 0 Å². The van der Waals surface area contributed by atoms with Crippen LogP contribution in [0.5, 0.6) is 5.75 Å². The number of anilines is 1. The smallest absolute Gasteiger partial charge is 0.337 e. The van der Waals surface area contributed by atoms with Crippen LogP contribution in [0.15, 0.2) is 99.9 Å². The number of amides is 1. The number of esters is 1. The number of fused-ring (bicyclic) bond motifs is 1. The number of rotatable bonds is 7. The minimum atomic E-state index is -0.695. The number of hydrogen-bond donors (Lipinski definition) is 1. The predicted octanol–water partition coefficient (Wildman–Crippen LogP) is 4.06. The molecule has 2 heterocycles. The number of benzene rings is 3. The molecule has 202 valence electrons. The van der Waals surface area contributed by atoms with Gasteiger partial charge in [-0.15, -0.1) is 0 Å². The lowest BCUT2D eigenvalue weighted by Gasteiger charge is -2.25. The molecule has 1 atom stereocenters. The first-order chi connectivity index (χ1) is 19.4. The molecule has 1 aliphatic rings. The summed E-state index contributed by atoms with van der Waals surface area (Å²) in [6.07, 6.45) is 1.75. The van der Waals surface area contributed by atoms with Gasteiger partial charge in [0.15, 0.2) is 4.80 Å². The van der Waals surface area contributed by atoms with Gasteiger partial charge in [0.25, 0.3) is 11.5 Å². The average Bonchev–Trinajstić information content (AvgIpc) is 3.27. The largest absolute Gasteiger partial charge is 0.494 e. The van der Waals surface area contributed by atoms with Crippen LogP contribution in [0, 0.1) is 0 Å². The topological polar surface area (TPSA) is 99.0 Å². The molecule has 3 aromatic carbocycles. The fraction of sp³-hybridized carbons (Fsp3) is 0.161. The number of ether oxygens (including phenoxy) is 2. The highest BCUT2D eigenvalue weighted by Gasteiger charge is 2.32. The zero-order valence-corrected chi connectivity index (χ0v) is 23.0. The molecule has 1 N–H and O–H groups in total. The molecule has 9 heteroatoms. The van der Waals surface area contributed by atoms with E-state index in [4.69, 9.17) is 9.47 Å². The third-order valence-electron chi connectivity index (χ3n) is 6.43. The lowest BCUT2D eigenvalue weighted by Crippen LogP contribution is -2.40. The van der Waals surface area contributed by atoms with Crippen molar-refractivity contribution in [1.82, 2.24) is 4.57 Å². The van der Waals surface area contributed by atoms with E-state index in [1.165, 1.54) is 18.4 Å². The van der Waals surface area contributed by atoms with Crippen molar-refractivity contribution in [3.63, 3.8) is 0 Å². The van der Waals surface area contributed by atoms with E-state index in [2.05, 4.69) is 10.3 Å². The van der Waals surface area contributed by atoms with Crippen LogP contribution in [0.2, 0.25) is 0 Å². The van der Waals surface area contributed by atoms with Crippen LogP contribution in [0.4, 0.5) is 5.69 Å². The van der Waals surface area contributed by atoms with Crippen molar-refractivity contribution >= 4 is 35.0 Å². The molecule has 1 aromatic heterocycles. The summed E-state index contributed by atoms with van der Waals surface area (Å²) in [5.41, 5.74) is 3.21. The Morgan fingerprint density at radius 2 is 1.73 bits per heavy atom. The summed E-state index contributed by atoms with van der Waals surface area (Å²) in [5, 5.41) is 2.95. The number of allylic oxidation sites excluding steroid dienone is 1. The van der Waals surface area contributed by atoms with Gasteiger partial charge in [0, 0.05) is 5.69 Å². The quantitative estimate of drug-likeness (QED) is 0.348. The van der Waals surface area contributed by atoms with Crippen LogP contribution in [0.3, 0.4) is 0 Å². The Labute approximate surface area is 234 Å². The fourth-order valence-electron chi connectivity index (χ4n) is 4.54. The van der Waals surface area contributed by atoms with Crippen molar-refractivity contribution in [3.05, 3.63) is 127 Å². The summed E-state index contributed by atoms with van der Waals surface area (Å²) in [7, 11) is 1.33. The summed E-state index contributed by atoms with van der Waals surface area (Å²) in [6, 6.07) is 22.7. The SMILES string of the molecule is CCOc1ccc([C@@H]2C(C(=O)Nc3ccccc3)=C(C)N=c3s/c(=C\c4ccc(C(=O)OC)cc4)c(=O)n32)cc1. The lowest BCUT2D eigenvalue weighted by molar-refractivity contribution is -0.113. The van der Waals surface area contributed by atoms with Gasteiger partial charge in [-0.3, -0.25) is 14.2 Å². The Morgan fingerprint density at radius 3 is 2.38 bits per heavy atom. The molecule has 0 spiro atoms. The van der Waals surface area contributed by atoms with Crippen molar-refractivity contribution < 1.29 is 19.1 Å². The molecule has 5 rings (SSSR count). The minimum Gasteiger partial charge on any atom is -0.494 e. The highest BCUT2D eigenvalue weighted by molar-refractivity contribution is 7.07. The first-order valence-corrected chi connectivity index (χ1v) is 13.5. The molecule has 0 radical (unpaired) electrons. The van der Waals surface area contributed by atoms with Gasteiger partial charge < -0.3 is 14.8 Å². The molecule has 0 fully saturated rings. The maximum atomic E-state index is 13.9. The maximum Gasteiger partial charge on any atom is 0.337 e. The summed E-state index contributed by atoms with van der Waals surface area (Å²) in [6.45, 7) is 4.22. The number of para-hydroxylation sites is 1. The first kappa shape index (κ1) is 26.8. The Kier molecular flexibility index (Phi) is 7.75. The molecule has 1 aliphatic heterocycles. The van der Waals surface area contributed by atoms with E-state index < -0.39 is 12.0 Å². The fourth-order valence-corrected chi connectivity index (χ4v) is 5.59. The highest BCUT2D eigenvalue weighted by Crippen LogP contribution is 2.31. The number of aromatic nitrogens is 1. The molecule has 4 aromatic rings. The standard InChI is InChI=1S/C31H27N3O5S/c1-4-39-24-16-14-21(15-17-24)27-26(28(35)33-23-8-6-5-7-9-23)19(2)32-31-34(27)29(36)25(40-31)18-20-10-12-22(13-11-20)30(37)38-3/h5-18,27H,4H2,1-3H3,(H,33,35)/b25-18-/t27-/m1/s1. The number of carbonyl (C=O) groups excluding carboxylic acids is 2. The number of nitrogens with one attached hydrogen (secondary N) is 1. The van der Waals surface area contributed by atoms with Gasteiger partial charge in [-0.25, -0.2) is 9.79 Å². The highest BCUT2D eigenvalue weighted by atomic mass is 32.1. The van der Waals surface area contributed by atoms with Crippen molar-refractivity contribution in [3.8, 4) is 5.75 Å². The van der Waals surface area contributed by atoms with Crippen molar-refractivity contribution in [2.24, 2.45) is 4.99 Å². The zero-order chi connectivity index (χ0) is 28.2. The van der Waals surface area contributed by atoms with E-state index in [-0.39, 0.29) is 11.5 Å². The van der Waals surface area contributed by atoms with Gasteiger partial charge in [-0.05, 0) is 67.4 Å². The number of carbonyl (C=O) groups is 2. The molecule has 0 unspecified atom stereocenters. The number of methoxy groups -OCH3 is 1. The van der Waals surface area contributed by atoms with Crippen molar-refractivity contribution in [2.75, 3.05) is 19.0 Å². The van der Waals surface area contributed by atoms with E-state index in [1.54, 1.807) is 54.0 Å². The lowest BCUT2D eigenvalue weighted by atomic mass is 9.95. The number of nitrogens with zero attached hydrogens (tertiary/aromatic N) is 2. The van der Waals surface area contributed by atoms with Crippen LogP contribution in [0.25, 0.3) is 6.08 Å². The summed E-state index contributed by atoms with van der Waals surface area (Å²) < 4.78 is 12.4. The Hall–Kier alpha value is -4.76. The summed E-state index contributed by atoms with van der Waals surface area (Å²) in [5.74, 6) is -0.0675. The van der Waals surface area contributed by atoms with Gasteiger partial charge in [0.1, 0.15) is 5.75 Å². The van der Waals surface area contributed by atoms with E-state index in [0.717, 1.165) is 11.1 Å². The number of thiazole rings is 1. The van der Waals surface area contributed by atoms with E-state index in [9.17, 15) is 14.4 Å². The molecule has 0 saturated heterocycles. The van der Waals surface area contributed by atoms with E-state index >= 15 is 0 Å². The third-order valence-corrected chi connectivity index (χ3v) is 7.42. The van der Waals surface area contributed by atoms with E-state index in [1.807, 2.05) is 49.4 Å². The monoisotopic (exact) mass is 553 g/mol. The Bertz CT molecular complexity index is 1770. The second-order valence-electron chi connectivity index (χ2n) is 9.02. The van der Waals surface area contributed by atoms with Crippen molar-refractivity contribution in [2.45, 2.75) is 19.9 Å². The molecule has 8 nitrogen and oxygen atoms in total. The number of hydrogen-bond acceptors (Lipinski definition) is 7. The molecular formula is C31H27N3O5S. The summed E-state index contributed by atoms with van der Waals surface area (Å²) >= 11 is 1.25. The van der Waals surface area contributed by atoms with Crippen LogP contribution in [0.1, 0.15) is 41.4 Å². The molecule has 0 saturated carbocycles. The average molecular weight is 554 g/mol. The Morgan fingerprint density at radius 1 is 1.02 bits per heavy atom. The van der Waals surface area contributed by atoms with Gasteiger partial charge in [-0.1, -0.05) is 53.8 Å². The van der Waals surface area contributed by atoms with Gasteiger partial charge in [0.05, 0.1) is 41.1 Å². The minimum absolute atomic E-state index is 0.266. The maximum absolute atomic E-state index is 13.9. The molecule has 1 amide bonds. The second-order valence-corrected chi connectivity index (χ2v) is 10.0. The predicted molar refractivity (Wildman–Crippen MR) is 154 cm³/mol. The third kappa shape index (κ3) is 5.37. The molecule has 40 heavy (non-hydrogen) atoms. The second kappa shape index (κ2) is 11.5. The van der Waals surface area contributed by atoms with E-state index in [0.29, 0.717) is 44.2 Å². The van der Waals surface area contributed by atoms with Gasteiger partial charge in [0.2, 0.25) is 0 Å². The van der Waals surface area contributed by atoms with Crippen molar-refractivity contribution in [1.29, 1.82) is 0 Å². The van der Waals surface area contributed by atoms with Gasteiger partial charge >= 0.3 is 5.97 Å². The summed E-state index contributed by atoms with van der Waals surface area (Å²) in [4.78, 5) is 44.5. The molecule has 0 bridgehead atoms.